The van der Waals surface area contributed by atoms with Gasteiger partial charge in [0, 0.05) is 23.4 Å². The fraction of sp³-hybridized carbons (Fsp3) is 0.400. The Balaban J connectivity index is 1.93. The van der Waals surface area contributed by atoms with Gasteiger partial charge in [-0.05, 0) is 31.2 Å². The number of carbonyl (C=O) groups excluding carboxylic acids is 1. The van der Waals surface area contributed by atoms with Gasteiger partial charge in [-0.15, -0.1) is 0 Å². The quantitative estimate of drug-likeness (QED) is 0.794. The summed E-state index contributed by atoms with van der Waals surface area (Å²) in [4.78, 5) is 16.2. The molecule has 5 nitrogen and oxygen atoms in total. The van der Waals surface area contributed by atoms with Gasteiger partial charge >= 0.3 is 5.97 Å². The average Bonchev–Trinajstić information content (AvgIpc) is 2.95. The highest BCUT2D eigenvalue weighted by Crippen LogP contribution is 2.53. The van der Waals surface area contributed by atoms with Crippen LogP contribution in [0.15, 0.2) is 28.8 Å². The van der Waals surface area contributed by atoms with E-state index in [1.54, 1.807) is 31.2 Å². The molecule has 122 valence electrons. The minimum atomic E-state index is -2.94. The maximum atomic E-state index is 13.4. The molecule has 1 saturated carbocycles. The van der Waals surface area contributed by atoms with Crippen molar-refractivity contribution in [3.8, 4) is 11.4 Å². The molecule has 0 aliphatic heterocycles. The molecule has 3 rings (SSSR count). The Labute approximate surface area is 135 Å². The molecule has 0 N–H and O–H groups in total. The lowest BCUT2D eigenvalue weighted by Crippen LogP contribution is -2.55. The first-order valence-corrected chi connectivity index (χ1v) is 7.39. The molecule has 2 aromatic rings. The van der Waals surface area contributed by atoms with Crippen molar-refractivity contribution < 1.29 is 22.8 Å². The van der Waals surface area contributed by atoms with Crippen molar-refractivity contribution >= 4 is 17.6 Å². The Morgan fingerprint density at radius 1 is 1.35 bits per heavy atom. The molecule has 1 aromatic heterocycles. The van der Waals surface area contributed by atoms with Crippen molar-refractivity contribution in [3.63, 3.8) is 0 Å². The van der Waals surface area contributed by atoms with Crippen molar-refractivity contribution in [3.05, 3.63) is 35.2 Å². The van der Waals surface area contributed by atoms with E-state index in [4.69, 9.17) is 20.9 Å². The molecule has 0 saturated heterocycles. The smallest absolute Gasteiger partial charge is 0.322 e. The molecule has 8 heteroatoms. The van der Waals surface area contributed by atoms with Crippen molar-refractivity contribution in [2.45, 2.75) is 31.1 Å². The Bertz CT molecular complexity index is 723. The summed E-state index contributed by atoms with van der Waals surface area (Å²) < 4.78 is 36.8. The molecule has 1 fully saturated rings. The zero-order valence-electron chi connectivity index (χ0n) is 12.2. The molecular weight excluding hydrogens is 330 g/mol. The van der Waals surface area contributed by atoms with Crippen LogP contribution in [0.5, 0.6) is 0 Å². The molecular formula is C15H13ClF2N2O3. The van der Waals surface area contributed by atoms with Crippen molar-refractivity contribution in [2.75, 3.05) is 6.61 Å². The van der Waals surface area contributed by atoms with Crippen molar-refractivity contribution in [1.82, 2.24) is 10.1 Å². The summed E-state index contributed by atoms with van der Waals surface area (Å²) in [7, 11) is 0. The van der Waals surface area contributed by atoms with Gasteiger partial charge in [-0.25, -0.2) is 8.78 Å². The number of hydrogen-bond donors (Lipinski definition) is 0. The highest BCUT2D eigenvalue weighted by molar-refractivity contribution is 6.30. The summed E-state index contributed by atoms with van der Waals surface area (Å²) in [5, 5.41) is 4.31. The first-order valence-electron chi connectivity index (χ1n) is 7.01. The van der Waals surface area contributed by atoms with Crippen molar-refractivity contribution in [2.24, 2.45) is 0 Å². The predicted molar refractivity (Wildman–Crippen MR) is 77.2 cm³/mol. The third kappa shape index (κ3) is 2.81. The van der Waals surface area contributed by atoms with Gasteiger partial charge in [0.25, 0.3) is 5.92 Å². The summed E-state index contributed by atoms with van der Waals surface area (Å²) >= 11 is 5.81. The number of carbonyl (C=O) groups is 1. The zero-order valence-corrected chi connectivity index (χ0v) is 12.9. The molecule has 0 atom stereocenters. The Kier molecular flexibility index (Phi) is 3.83. The van der Waals surface area contributed by atoms with E-state index >= 15 is 0 Å². The van der Waals surface area contributed by atoms with Gasteiger partial charge in [0.1, 0.15) is 0 Å². The maximum Gasteiger partial charge on any atom is 0.322 e. The number of halogens is 3. The number of ether oxygens (including phenoxy) is 1. The largest absolute Gasteiger partial charge is 0.465 e. The number of aromatic nitrogens is 2. The van der Waals surface area contributed by atoms with E-state index in [1.807, 2.05) is 0 Å². The zero-order chi connectivity index (χ0) is 16.7. The van der Waals surface area contributed by atoms with Gasteiger partial charge in [0.05, 0.1) is 6.61 Å². The molecule has 1 heterocycles. The number of hydrogen-bond acceptors (Lipinski definition) is 5. The van der Waals surface area contributed by atoms with E-state index in [1.165, 1.54) is 0 Å². The molecule has 0 spiro atoms. The number of alkyl halides is 2. The number of rotatable bonds is 4. The first-order chi connectivity index (χ1) is 10.9. The average molecular weight is 343 g/mol. The van der Waals surface area contributed by atoms with Gasteiger partial charge in [0.15, 0.2) is 5.41 Å². The SMILES string of the molecule is CCOC(=O)C1(c2nc(-c3ccc(Cl)cc3)no2)CC(F)(F)C1. The van der Waals surface area contributed by atoms with Crippen LogP contribution in [0.3, 0.4) is 0 Å². The number of esters is 1. The fourth-order valence-electron chi connectivity index (χ4n) is 2.62. The van der Waals surface area contributed by atoms with Crippen LogP contribution in [-0.4, -0.2) is 28.6 Å². The maximum absolute atomic E-state index is 13.4. The summed E-state index contributed by atoms with van der Waals surface area (Å²) in [6, 6.07) is 6.63. The third-order valence-electron chi connectivity index (χ3n) is 3.72. The minimum Gasteiger partial charge on any atom is -0.465 e. The van der Waals surface area contributed by atoms with E-state index in [9.17, 15) is 13.6 Å². The van der Waals surface area contributed by atoms with Crippen molar-refractivity contribution in [1.29, 1.82) is 0 Å². The van der Waals surface area contributed by atoms with Gasteiger partial charge in [-0.3, -0.25) is 4.79 Å². The second-order valence-electron chi connectivity index (χ2n) is 5.44. The van der Waals surface area contributed by atoms with Gasteiger partial charge in [-0.2, -0.15) is 4.98 Å². The predicted octanol–water partition coefficient (Wildman–Crippen LogP) is 3.62. The molecule has 1 aliphatic rings. The van der Waals surface area contributed by atoms with Gasteiger partial charge < -0.3 is 9.26 Å². The third-order valence-corrected chi connectivity index (χ3v) is 3.98. The summed E-state index contributed by atoms with van der Waals surface area (Å²) in [6.45, 7) is 1.69. The Morgan fingerprint density at radius 2 is 2.00 bits per heavy atom. The lowest BCUT2D eigenvalue weighted by molar-refractivity contribution is -0.183. The van der Waals surface area contributed by atoms with Crippen LogP contribution in [0.2, 0.25) is 5.02 Å². The van der Waals surface area contributed by atoms with Crippen LogP contribution in [-0.2, 0) is 14.9 Å². The topological polar surface area (TPSA) is 65.2 Å². The minimum absolute atomic E-state index is 0.0876. The van der Waals surface area contributed by atoms with Crippen LogP contribution in [0.1, 0.15) is 25.7 Å². The van der Waals surface area contributed by atoms with E-state index in [-0.39, 0.29) is 18.3 Å². The van der Waals surface area contributed by atoms with E-state index < -0.39 is 30.1 Å². The standard InChI is InChI=1S/C15H13ClF2N2O3/c1-2-22-13(21)14(7-15(17,18)8-14)12-19-11(20-23-12)9-3-5-10(16)6-4-9/h3-6H,2,7-8H2,1H3. The van der Waals surface area contributed by atoms with Gasteiger partial charge in [-0.1, -0.05) is 16.8 Å². The molecule has 0 radical (unpaired) electrons. The van der Waals surface area contributed by atoms with E-state index in [0.717, 1.165) is 0 Å². The van der Waals surface area contributed by atoms with Crippen LogP contribution in [0.25, 0.3) is 11.4 Å². The van der Waals surface area contributed by atoms with E-state index in [2.05, 4.69) is 10.1 Å². The lowest BCUT2D eigenvalue weighted by atomic mass is 9.65. The first kappa shape index (κ1) is 15.9. The van der Waals surface area contributed by atoms with Crippen LogP contribution >= 0.6 is 11.6 Å². The molecule has 0 bridgehead atoms. The number of benzene rings is 1. The van der Waals surface area contributed by atoms with Gasteiger partial charge in [0.2, 0.25) is 11.7 Å². The lowest BCUT2D eigenvalue weighted by Gasteiger charge is -2.41. The van der Waals surface area contributed by atoms with Crippen LogP contribution in [0, 0.1) is 0 Å². The number of nitrogens with zero attached hydrogens (tertiary/aromatic N) is 2. The normalized spacial score (nSPS) is 18.3. The van der Waals surface area contributed by atoms with Crippen LogP contribution in [0.4, 0.5) is 8.78 Å². The highest BCUT2D eigenvalue weighted by atomic mass is 35.5. The molecule has 0 unspecified atom stereocenters. The Hall–Kier alpha value is -2.02. The van der Waals surface area contributed by atoms with Crippen LogP contribution < -0.4 is 0 Å². The summed E-state index contributed by atoms with van der Waals surface area (Å²) in [5.41, 5.74) is -0.966. The molecule has 1 aromatic carbocycles. The second kappa shape index (κ2) is 5.56. The highest BCUT2D eigenvalue weighted by Gasteiger charge is 2.66. The molecule has 1 aliphatic carbocycles. The van der Waals surface area contributed by atoms with E-state index in [0.29, 0.717) is 10.6 Å². The molecule has 0 amide bonds. The Morgan fingerprint density at radius 3 is 2.57 bits per heavy atom. The monoisotopic (exact) mass is 342 g/mol. The summed E-state index contributed by atoms with van der Waals surface area (Å²) in [6.07, 6.45) is -1.39. The second-order valence-corrected chi connectivity index (χ2v) is 5.88. The fourth-order valence-corrected chi connectivity index (χ4v) is 2.74. The molecule has 23 heavy (non-hydrogen) atoms. The summed E-state index contributed by atoms with van der Waals surface area (Å²) in [5.74, 6) is -3.65.